The minimum atomic E-state index is -0.908. The number of aromatic carboxylic acids is 1. The van der Waals surface area contributed by atoms with Gasteiger partial charge in [-0.25, -0.2) is 4.79 Å². The van der Waals surface area contributed by atoms with E-state index >= 15 is 0 Å². The zero-order chi connectivity index (χ0) is 12.6. The van der Waals surface area contributed by atoms with Crippen LogP contribution in [0.15, 0.2) is 24.5 Å². The highest BCUT2D eigenvalue weighted by Gasteiger charge is 2.17. The Morgan fingerprint density at radius 3 is 2.59 bits per heavy atom. The normalized spacial score (nSPS) is 11.1. The van der Waals surface area contributed by atoms with Crippen molar-refractivity contribution >= 4 is 5.97 Å². The van der Waals surface area contributed by atoms with Crippen molar-refractivity contribution in [1.29, 1.82) is 0 Å². The predicted molar refractivity (Wildman–Crippen MR) is 64.0 cm³/mol. The first-order chi connectivity index (χ1) is 8.00. The minimum Gasteiger partial charge on any atom is -0.477 e. The summed E-state index contributed by atoms with van der Waals surface area (Å²) in [4.78, 5) is 11.1. The van der Waals surface area contributed by atoms with E-state index in [9.17, 15) is 4.79 Å². The molecule has 0 saturated carbocycles. The van der Waals surface area contributed by atoms with E-state index in [0.717, 1.165) is 11.3 Å². The van der Waals surface area contributed by atoms with Gasteiger partial charge in [0, 0.05) is 24.8 Å². The number of hydrogen-bond acceptors (Lipinski definition) is 2. The lowest BCUT2D eigenvalue weighted by atomic mass is 10.2. The second kappa shape index (κ2) is 4.08. The van der Waals surface area contributed by atoms with Crippen molar-refractivity contribution in [3.05, 3.63) is 30.2 Å². The van der Waals surface area contributed by atoms with Gasteiger partial charge in [-0.15, -0.1) is 0 Å². The van der Waals surface area contributed by atoms with Crippen molar-refractivity contribution in [3.63, 3.8) is 0 Å². The van der Waals surface area contributed by atoms with Gasteiger partial charge in [-0.05, 0) is 26.0 Å². The molecule has 0 atom stereocenters. The molecule has 0 saturated heterocycles. The molecular formula is C12H15N3O2. The standard InChI is InChI=1S/C12H15N3O2/c1-8(2)15-10(4-5-11(15)12(16)17)9-6-13-14(3)7-9/h4-8H,1-3H3,(H,16,17). The van der Waals surface area contributed by atoms with E-state index in [1.807, 2.05) is 33.2 Å². The molecule has 5 heteroatoms. The Morgan fingerprint density at radius 1 is 1.41 bits per heavy atom. The number of carboxylic acids is 1. The first-order valence-electron chi connectivity index (χ1n) is 5.44. The van der Waals surface area contributed by atoms with E-state index in [0.29, 0.717) is 5.69 Å². The quantitative estimate of drug-likeness (QED) is 0.883. The Morgan fingerprint density at radius 2 is 2.12 bits per heavy atom. The highest BCUT2D eigenvalue weighted by Crippen LogP contribution is 2.25. The molecule has 2 aromatic heterocycles. The van der Waals surface area contributed by atoms with Gasteiger partial charge in [0.1, 0.15) is 5.69 Å². The van der Waals surface area contributed by atoms with Crippen molar-refractivity contribution in [2.75, 3.05) is 0 Å². The van der Waals surface area contributed by atoms with Crippen LogP contribution in [0.4, 0.5) is 0 Å². The molecule has 17 heavy (non-hydrogen) atoms. The van der Waals surface area contributed by atoms with Gasteiger partial charge >= 0.3 is 5.97 Å². The third kappa shape index (κ3) is 1.95. The fourth-order valence-corrected chi connectivity index (χ4v) is 1.97. The van der Waals surface area contributed by atoms with Crippen LogP contribution in [0.25, 0.3) is 11.3 Å². The molecule has 2 aromatic rings. The van der Waals surface area contributed by atoms with Crippen molar-refractivity contribution in [1.82, 2.24) is 14.3 Å². The van der Waals surface area contributed by atoms with Crippen LogP contribution in [0.3, 0.4) is 0 Å². The smallest absolute Gasteiger partial charge is 0.352 e. The molecule has 0 aliphatic heterocycles. The Balaban J connectivity index is 2.59. The molecule has 0 radical (unpaired) electrons. The molecule has 0 unspecified atom stereocenters. The molecule has 2 heterocycles. The lowest BCUT2D eigenvalue weighted by Crippen LogP contribution is -2.11. The Kier molecular flexibility index (Phi) is 2.75. The second-order valence-electron chi connectivity index (χ2n) is 4.28. The Bertz CT molecular complexity index is 552. The molecule has 1 N–H and O–H groups in total. The molecule has 2 rings (SSSR count). The Hall–Kier alpha value is -2.04. The number of rotatable bonds is 3. The van der Waals surface area contributed by atoms with Gasteiger partial charge in [-0.1, -0.05) is 0 Å². The summed E-state index contributed by atoms with van der Waals surface area (Å²) in [6, 6.07) is 3.54. The van der Waals surface area contributed by atoms with Gasteiger partial charge in [0.15, 0.2) is 0 Å². The van der Waals surface area contributed by atoms with Crippen LogP contribution >= 0.6 is 0 Å². The van der Waals surface area contributed by atoms with Crippen molar-refractivity contribution < 1.29 is 9.90 Å². The third-order valence-corrected chi connectivity index (χ3v) is 2.65. The summed E-state index contributed by atoms with van der Waals surface area (Å²) in [5.41, 5.74) is 2.11. The van der Waals surface area contributed by atoms with Crippen molar-refractivity contribution in [2.45, 2.75) is 19.9 Å². The van der Waals surface area contributed by atoms with E-state index in [4.69, 9.17) is 5.11 Å². The minimum absolute atomic E-state index is 0.0892. The van der Waals surface area contributed by atoms with E-state index < -0.39 is 5.97 Å². The third-order valence-electron chi connectivity index (χ3n) is 2.65. The number of aromatic nitrogens is 3. The van der Waals surface area contributed by atoms with Gasteiger partial charge in [0.05, 0.1) is 11.9 Å². The van der Waals surface area contributed by atoms with Crippen LogP contribution in [-0.2, 0) is 7.05 Å². The van der Waals surface area contributed by atoms with Crippen LogP contribution in [0.1, 0.15) is 30.4 Å². The molecule has 0 fully saturated rings. The maximum atomic E-state index is 11.1. The average Bonchev–Trinajstić information content (AvgIpc) is 2.82. The predicted octanol–water partition coefficient (Wildman–Crippen LogP) is 2.17. The molecular weight excluding hydrogens is 218 g/mol. The van der Waals surface area contributed by atoms with Crippen molar-refractivity contribution in [3.8, 4) is 11.3 Å². The van der Waals surface area contributed by atoms with Crippen LogP contribution < -0.4 is 0 Å². The van der Waals surface area contributed by atoms with Gasteiger partial charge in [0.25, 0.3) is 0 Å². The van der Waals surface area contributed by atoms with Gasteiger partial charge in [0.2, 0.25) is 0 Å². The van der Waals surface area contributed by atoms with E-state index in [-0.39, 0.29) is 6.04 Å². The van der Waals surface area contributed by atoms with Crippen LogP contribution in [-0.4, -0.2) is 25.4 Å². The SMILES string of the molecule is CC(C)n1c(C(=O)O)ccc1-c1cnn(C)c1. The number of nitrogens with zero attached hydrogens (tertiary/aromatic N) is 3. The number of carbonyl (C=O) groups is 1. The highest BCUT2D eigenvalue weighted by atomic mass is 16.4. The average molecular weight is 233 g/mol. The van der Waals surface area contributed by atoms with Gasteiger partial charge < -0.3 is 9.67 Å². The van der Waals surface area contributed by atoms with Gasteiger partial charge in [-0.3, -0.25) is 4.68 Å². The number of hydrogen-bond donors (Lipinski definition) is 1. The van der Waals surface area contributed by atoms with E-state index in [1.165, 1.54) is 0 Å². The molecule has 0 amide bonds. The molecule has 0 aliphatic rings. The summed E-state index contributed by atoms with van der Waals surface area (Å²) in [7, 11) is 1.84. The Labute approximate surface area is 99.3 Å². The zero-order valence-electron chi connectivity index (χ0n) is 10.1. The molecule has 0 spiro atoms. The highest BCUT2D eigenvalue weighted by molar-refractivity contribution is 5.87. The second-order valence-corrected chi connectivity index (χ2v) is 4.28. The summed E-state index contributed by atoms with van der Waals surface area (Å²) in [5.74, 6) is -0.908. The first-order valence-corrected chi connectivity index (χ1v) is 5.44. The van der Waals surface area contributed by atoms with Crippen molar-refractivity contribution in [2.24, 2.45) is 7.05 Å². The largest absolute Gasteiger partial charge is 0.477 e. The van der Waals surface area contributed by atoms with E-state index in [2.05, 4.69) is 5.10 Å². The summed E-state index contributed by atoms with van der Waals surface area (Å²) < 4.78 is 3.51. The van der Waals surface area contributed by atoms with Crippen LogP contribution in [0.5, 0.6) is 0 Å². The zero-order valence-corrected chi connectivity index (χ0v) is 10.1. The lowest BCUT2D eigenvalue weighted by molar-refractivity contribution is 0.0683. The number of aryl methyl sites for hydroxylation is 1. The molecule has 0 aromatic carbocycles. The lowest BCUT2D eigenvalue weighted by Gasteiger charge is -2.14. The van der Waals surface area contributed by atoms with Crippen LogP contribution in [0, 0.1) is 0 Å². The number of carboxylic acid groups (broad SMARTS) is 1. The topological polar surface area (TPSA) is 60.1 Å². The fraction of sp³-hybridized carbons (Fsp3) is 0.333. The maximum Gasteiger partial charge on any atom is 0.352 e. The maximum absolute atomic E-state index is 11.1. The van der Waals surface area contributed by atoms with Gasteiger partial charge in [-0.2, -0.15) is 5.10 Å². The molecule has 0 aliphatic carbocycles. The first kappa shape index (κ1) is 11.4. The fourth-order valence-electron chi connectivity index (χ4n) is 1.97. The summed E-state index contributed by atoms with van der Waals surface area (Å²) >= 11 is 0. The summed E-state index contributed by atoms with van der Waals surface area (Å²) in [6.07, 6.45) is 3.61. The summed E-state index contributed by atoms with van der Waals surface area (Å²) in [6.45, 7) is 3.93. The molecule has 0 bridgehead atoms. The molecule has 90 valence electrons. The van der Waals surface area contributed by atoms with E-state index in [1.54, 1.807) is 21.5 Å². The monoisotopic (exact) mass is 233 g/mol. The summed E-state index contributed by atoms with van der Waals surface area (Å²) in [5, 5.41) is 13.2. The molecule has 5 nitrogen and oxygen atoms in total. The van der Waals surface area contributed by atoms with Crippen LogP contribution in [0.2, 0.25) is 0 Å².